The van der Waals surface area contributed by atoms with E-state index < -0.39 is 10.1 Å². The van der Waals surface area contributed by atoms with Gasteiger partial charge in [0.2, 0.25) is 0 Å². The van der Waals surface area contributed by atoms with Crippen LogP contribution in [-0.4, -0.2) is 21.5 Å². The summed E-state index contributed by atoms with van der Waals surface area (Å²) in [5.41, 5.74) is 1.87. The Labute approximate surface area is 136 Å². The second-order valence-electron chi connectivity index (χ2n) is 5.07. The van der Waals surface area contributed by atoms with Crippen molar-refractivity contribution in [3.8, 4) is 5.75 Å². The molecule has 2 aromatic rings. The molecule has 0 fully saturated rings. The first-order valence-electron chi connectivity index (χ1n) is 7.07. The minimum Gasteiger partial charge on any atom is -0.469 e. The Bertz CT molecular complexity index is 762. The van der Waals surface area contributed by atoms with Crippen molar-refractivity contribution in [1.29, 1.82) is 0 Å². The van der Waals surface area contributed by atoms with E-state index in [9.17, 15) is 13.2 Å². The zero-order valence-corrected chi connectivity index (χ0v) is 13.8. The number of carbonyl (C=O) groups is 1. The standard InChI is InChI=1S/C17H18O5S/c1-13-3-10-16(11-4-13)23(19,20)22-15-8-5-14(6-9-15)7-12-17(18)21-2/h3-6,8-11H,7,12H2,1-2H3. The summed E-state index contributed by atoms with van der Waals surface area (Å²) in [7, 11) is -2.50. The monoisotopic (exact) mass is 334 g/mol. The van der Waals surface area contributed by atoms with Crippen LogP contribution < -0.4 is 4.18 Å². The molecule has 0 atom stereocenters. The maximum atomic E-state index is 12.2. The van der Waals surface area contributed by atoms with E-state index >= 15 is 0 Å². The van der Waals surface area contributed by atoms with Gasteiger partial charge in [-0.05, 0) is 43.2 Å². The average molecular weight is 334 g/mol. The van der Waals surface area contributed by atoms with E-state index in [0.717, 1.165) is 11.1 Å². The largest absolute Gasteiger partial charge is 0.469 e. The second kappa shape index (κ2) is 7.28. The maximum absolute atomic E-state index is 12.2. The minimum absolute atomic E-state index is 0.109. The van der Waals surface area contributed by atoms with Crippen LogP contribution >= 0.6 is 0 Å². The Kier molecular flexibility index (Phi) is 5.39. The highest BCUT2D eigenvalue weighted by Crippen LogP contribution is 2.20. The lowest BCUT2D eigenvalue weighted by molar-refractivity contribution is -0.140. The van der Waals surface area contributed by atoms with Crippen LogP contribution in [0.1, 0.15) is 17.5 Å². The molecule has 23 heavy (non-hydrogen) atoms. The summed E-state index contributed by atoms with van der Waals surface area (Å²) in [6.45, 7) is 1.88. The van der Waals surface area contributed by atoms with Gasteiger partial charge in [0.15, 0.2) is 0 Å². The number of rotatable bonds is 6. The third-order valence-electron chi connectivity index (χ3n) is 3.28. The van der Waals surface area contributed by atoms with Crippen molar-refractivity contribution in [3.05, 3.63) is 59.7 Å². The molecule has 0 amide bonds. The van der Waals surface area contributed by atoms with Gasteiger partial charge in [0.1, 0.15) is 10.6 Å². The molecular formula is C17H18O5S. The normalized spacial score (nSPS) is 11.0. The van der Waals surface area contributed by atoms with E-state index in [1.54, 1.807) is 36.4 Å². The van der Waals surface area contributed by atoms with Gasteiger partial charge in [-0.15, -0.1) is 0 Å². The highest BCUT2D eigenvalue weighted by atomic mass is 32.2. The van der Waals surface area contributed by atoms with Gasteiger partial charge < -0.3 is 8.92 Å². The molecule has 0 bridgehead atoms. The van der Waals surface area contributed by atoms with E-state index in [1.807, 2.05) is 6.92 Å². The summed E-state index contributed by atoms with van der Waals surface area (Å²) >= 11 is 0. The number of hydrogen-bond acceptors (Lipinski definition) is 5. The molecule has 0 aliphatic rings. The van der Waals surface area contributed by atoms with Gasteiger partial charge in [0, 0.05) is 6.42 Å². The fourth-order valence-corrected chi connectivity index (χ4v) is 2.87. The average Bonchev–Trinajstić information content (AvgIpc) is 2.54. The van der Waals surface area contributed by atoms with Crippen LogP contribution in [0.5, 0.6) is 5.75 Å². The Morgan fingerprint density at radius 3 is 2.17 bits per heavy atom. The van der Waals surface area contributed by atoms with Gasteiger partial charge in [0.05, 0.1) is 7.11 Å². The molecule has 2 aromatic carbocycles. The molecule has 0 unspecified atom stereocenters. The van der Waals surface area contributed by atoms with Crippen LogP contribution in [0.25, 0.3) is 0 Å². The Morgan fingerprint density at radius 1 is 1.00 bits per heavy atom. The van der Waals surface area contributed by atoms with Crippen LogP contribution in [0.15, 0.2) is 53.4 Å². The molecule has 0 aliphatic heterocycles. The lowest BCUT2D eigenvalue weighted by atomic mass is 10.1. The predicted molar refractivity (Wildman–Crippen MR) is 85.8 cm³/mol. The number of hydrogen-bond donors (Lipinski definition) is 0. The van der Waals surface area contributed by atoms with Crippen LogP contribution in [0, 0.1) is 6.92 Å². The molecule has 0 saturated heterocycles. The van der Waals surface area contributed by atoms with E-state index in [1.165, 1.54) is 19.2 Å². The fourth-order valence-electron chi connectivity index (χ4n) is 1.94. The number of ether oxygens (including phenoxy) is 1. The molecule has 0 heterocycles. The molecule has 0 N–H and O–H groups in total. The molecular weight excluding hydrogens is 316 g/mol. The summed E-state index contributed by atoms with van der Waals surface area (Å²) < 4.78 is 34.0. The second-order valence-corrected chi connectivity index (χ2v) is 6.62. The van der Waals surface area contributed by atoms with E-state index in [2.05, 4.69) is 4.74 Å². The summed E-state index contributed by atoms with van der Waals surface area (Å²) in [5.74, 6) is -0.0559. The van der Waals surface area contributed by atoms with Crippen molar-refractivity contribution in [2.24, 2.45) is 0 Å². The Balaban J connectivity index is 2.05. The smallest absolute Gasteiger partial charge is 0.339 e. The molecule has 122 valence electrons. The van der Waals surface area contributed by atoms with Gasteiger partial charge in [-0.2, -0.15) is 8.42 Å². The van der Waals surface area contributed by atoms with E-state index in [4.69, 9.17) is 4.18 Å². The first-order valence-corrected chi connectivity index (χ1v) is 8.48. The molecule has 0 saturated carbocycles. The highest BCUT2D eigenvalue weighted by Gasteiger charge is 2.16. The van der Waals surface area contributed by atoms with Gasteiger partial charge in [-0.25, -0.2) is 0 Å². The summed E-state index contributed by atoms with van der Waals surface area (Å²) in [5, 5.41) is 0. The van der Waals surface area contributed by atoms with Crippen LogP contribution in [0.2, 0.25) is 0 Å². The Morgan fingerprint density at radius 2 is 1.61 bits per heavy atom. The topological polar surface area (TPSA) is 69.7 Å². The molecule has 6 heteroatoms. The highest BCUT2D eigenvalue weighted by molar-refractivity contribution is 7.87. The fraction of sp³-hybridized carbons (Fsp3) is 0.235. The molecule has 2 rings (SSSR count). The molecule has 0 aliphatic carbocycles. The lowest BCUT2D eigenvalue weighted by Crippen LogP contribution is -2.09. The zero-order chi connectivity index (χ0) is 16.9. The Hall–Kier alpha value is -2.34. The molecule has 0 aromatic heterocycles. The third kappa shape index (κ3) is 4.82. The minimum atomic E-state index is -3.85. The SMILES string of the molecule is COC(=O)CCc1ccc(OS(=O)(=O)c2ccc(C)cc2)cc1. The third-order valence-corrected chi connectivity index (χ3v) is 4.55. The van der Waals surface area contributed by atoms with Gasteiger partial charge in [0.25, 0.3) is 0 Å². The van der Waals surface area contributed by atoms with Crippen molar-refractivity contribution in [2.45, 2.75) is 24.7 Å². The van der Waals surface area contributed by atoms with Gasteiger partial charge in [-0.3, -0.25) is 4.79 Å². The van der Waals surface area contributed by atoms with Gasteiger partial charge in [-0.1, -0.05) is 29.8 Å². The number of benzene rings is 2. The van der Waals surface area contributed by atoms with Crippen molar-refractivity contribution >= 4 is 16.1 Å². The molecule has 0 radical (unpaired) electrons. The van der Waals surface area contributed by atoms with Crippen molar-refractivity contribution in [1.82, 2.24) is 0 Å². The lowest BCUT2D eigenvalue weighted by Gasteiger charge is -2.08. The predicted octanol–water partition coefficient (Wildman–Crippen LogP) is 2.87. The number of aryl methyl sites for hydroxylation is 2. The zero-order valence-electron chi connectivity index (χ0n) is 13.0. The van der Waals surface area contributed by atoms with Gasteiger partial charge >= 0.3 is 16.1 Å². The number of carbonyl (C=O) groups excluding carboxylic acids is 1. The van der Waals surface area contributed by atoms with Crippen LogP contribution in [-0.2, 0) is 26.1 Å². The van der Waals surface area contributed by atoms with Crippen LogP contribution in [0.3, 0.4) is 0 Å². The van der Waals surface area contributed by atoms with Crippen LogP contribution in [0.4, 0.5) is 0 Å². The van der Waals surface area contributed by atoms with Crippen molar-refractivity contribution in [2.75, 3.05) is 7.11 Å². The van der Waals surface area contributed by atoms with Crippen molar-refractivity contribution < 1.29 is 22.1 Å². The number of methoxy groups -OCH3 is 1. The number of esters is 1. The first kappa shape index (κ1) is 17.0. The van der Waals surface area contributed by atoms with E-state index in [0.29, 0.717) is 6.42 Å². The summed E-state index contributed by atoms with van der Waals surface area (Å²) in [6, 6.07) is 13.0. The maximum Gasteiger partial charge on any atom is 0.339 e. The first-order chi connectivity index (χ1) is 10.9. The molecule has 5 nitrogen and oxygen atoms in total. The van der Waals surface area contributed by atoms with E-state index in [-0.39, 0.29) is 23.0 Å². The summed E-state index contributed by atoms with van der Waals surface area (Å²) in [4.78, 5) is 11.2. The van der Waals surface area contributed by atoms with Crippen molar-refractivity contribution in [3.63, 3.8) is 0 Å². The quantitative estimate of drug-likeness (QED) is 0.600. The summed E-state index contributed by atoms with van der Waals surface area (Å²) in [6.07, 6.45) is 0.802. The molecule has 0 spiro atoms.